The number of allylic oxidation sites excluding steroid dienone is 3. The van der Waals surface area contributed by atoms with Crippen LogP contribution in [0.4, 0.5) is 62.8 Å². The van der Waals surface area contributed by atoms with Crippen LogP contribution in [0.5, 0.6) is 0 Å². The summed E-state index contributed by atoms with van der Waals surface area (Å²) < 4.78 is 2.27. The maximum Gasteiger partial charge on any atom is 0.137 e. The molecule has 1 aliphatic rings. The van der Waals surface area contributed by atoms with Gasteiger partial charge in [-0.1, -0.05) is 103 Å². The molecule has 0 fully saturated rings. The molecule has 11 rings (SSSR count). The summed E-state index contributed by atoms with van der Waals surface area (Å²) in [5.41, 5.74) is 15.3. The second kappa shape index (κ2) is 20.0. The molecule has 0 aliphatic heterocycles. The van der Waals surface area contributed by atoms with Gasteiger partial charge in [-0.25, -0.2) is 9.97 Å². The quantitative estimate of drug-likeness (QED) is 0.108. The van der Waals surface area contributed by atoms with Crippen LogP contribution in [0, 0.1) is 0 Å². The van der Waals surface area contributed by atoms with Gasteiger partial charge in [-0.2, -0.15) is 0 Å². The van der Waals surface area contributed by atoms with E-state index in [-0.39, 0.29) is 0 Å². The van der Waals surface area contributed by atoms with Crippen LogP contribution in [0.2, 0.25) is 0 Å². The topological polar surface area (TPSA) is 43.7 Å². The highest BCUT2D eigenvalue weighted by Crippen LogP contribution is 2.41. The third-order valence-corrected chi connectivity index (χ3v) is 12.7. The first kappa shape index (κ1) is 43.4. The van der Waals surface area contributed by atoms with Crippen molar-refractivity contribution in [2.45, 2.75) is 12.8 Å². The predicted molar refractivity (Wildman–Crippen MR) is 291 cm³/mol. The minimum atomic E-state index is 0.842. The normalized spacial score (nSPS) is 12.0. The minimum absolute atomic E-state index is 0.842. The minimum Gasteiger partial charge on any atom is -0.344 e. The van der Waals surface area contributed by atoms with E-state index in [1.54, 1.807) is 0 Å². The average Bonchev–Trinajstić information content (AvgIpc) is 3.82. The van der Waals surface area contributed by atoms with Crippen molar-refractivity contribution in [2.75, 3.05) is 19.6 Å². The highest BCUT2D eigenvalue weighted by atomic mass is 15.2. The largest absolute Gasteiger partial charge is 0.344 e. The molecular formula is C63H51N7. The van der Waals surface area contributed by atoms with Crippen LogP contribution < -0.4 is 19.6 Å². The van der Waals surface area contributed by atoms with Gasteiger partial charge in [0.15, 0.2) is 0 Å². The van der Waals surface area contributed by atoms with E-state index < -0.39 is 0 Å². The van der Waals surface area contributed by atoms with E-state index in [2.05, 4.69) is 262 Å². The Morgan fingerprint density at radius 3 is 1.04 bits per heavy atom. The Labute approximate surface area is 410 Å². The van der Waals surface area contributed by atoms with Crippen molar-refractivity contribution in [3.05, 3.63) is 273 Å². The van der Waals surface area contributed by atoms with Crippen molar-refractivity contribution >= 4 is 62.8 Å². The molecule has 338 valence electrons. The van der Waals surface area contributed by atoms with E-state index in [4.69, 9.17) is 9.97 Å². The van der Waals surface area contributed by atoms with Gasteiger partial charge in [0.25, 0.3) is 0 Å². The number of anilines is 11. The summed E-state index contributed by atoms with van der Waals surface area (Å²) in [6.45, 7) is 0. The molecule has 0 amide bonds. The first-order valence-electron chi connectivity index (χ1n) is 23.8. The van der Waals surface area contributed by atoms with Crippen molar-refractivity contribution in [3.63, 3.8) is 0 Å². The fourth-order valence-corrected chi connectivity index (χ4v) is 9.35. The van der Waals surface area contributed by atoms with Crippen LogP contribution in [0.15, 0.2) is 273 Å². The SMILES string of the molecule is Cn1c(-c2ccc(N(c3ccc(N(C4=CCCC=C4)c4ccccc4)cc3)c3ccccn3)cc2)ccc1-c1ccc(N(c2ccc(N(c3ccccc3)c3ccccc3)cc2)c2ccccn2)cc1. The molecule has 3 aromatic heterocycles. The third-order valence-electron chi connectivity index (χ3n) is 12.7. The van der Waals surface area contributed by atoms with E-state index in [1.807, 2.05) is 36.7 Å². The van der Waals surface area contributed by atoms with Crippen molar-refractivity contribution in [1.29, 1.82) is 0 Å². The molecule has 0 saturated carbocycles. The van der Waals surface area contributed by atoms with Gasteiger partial charge < -0.3 is 14.4 Å². The maximum atomic E-state index is 4.81. The maximum absolute atomic E-state index is 4.81. The Morgan fingerprint density at radius 2 is 0.671 bits per heavy atom. The average molecular weight is 906 g/mol. The van der Waals surface area contributed by atoms with Gasteiger partial charge in [-0.3, -0.25) is 9.80 Å². The Kier molecular flexibility index (Phi) is 12.4. The van der Waals surface area contributed by atoms with Gasteiger partial charge >= 0.3 is 0 Å². The molecule has 7 nitrogen and oxygen atoms in total. The molecule has 0 bridgehead atoms. The highest BCUT2D eigenvalue weighted by molar-refractivity contribution is 5.83. The molecule has 1 aliphatic carbocycles. The predicted octanol–water partition coefficient (Wildman–Crippen LogP) is 16.9. The second-order valence-electron chi connectivity index (χ2n) is 17.1. The number of rotatable bonds is 14. The molecule has 0 radical (unpaired) electrons. The number of nitrogens with zero attached hydrogens (tertiary/aromatic N) is 7. The van der Waals surface area contributed by atoms with Crippen molar-refractivity contribution in [3.8, 4) is 22.5 Å². The standard InChI is InChI=1S/C63H51N7/c1-66-60(48-28-32-56(33-29-48)69(62-26-14-16-46-64-62)58-40-36-54(37-41-58)67(50-18-6-2-7-19-50)51-20-8-3-9-21-51)44-45-61(66)49-30-34-57(35-31-49)70(63-27-15-17-47-65-63)59-42-38-55(39-43-59)68(52-22-10-4-11-23-52)53-24-12-5-13-25-53/h2-4,6-12,14-47H,5,13H2,1H3. The molecule has 10 aromatic rings. The molecule has 0 saturated heterocycles. The number of aromatic nitrogens is 3. The fourth-order valence-electron chi connectivity index (χ4n) is 9.35. The Bertz CT molecular complexity index is 3300. The number of benzene rings is 7. The molecule has 7 aromatic carbocycles. The van der Waals surface area contributed by atoms with Crippen molar-refractivity contribution < 1.29 is 0 Å². The highest BCUT2D eigenvalue weighted by Gasteiger charge is 2.20. The fraction of sp³-hybridized carbons (Fsp3) is 0.0476. The zero-order chi connectivity index (χ0) is 47.1. The molecule has 70 heavy (non-hydrogen) atoms. The number of hydrogen-bond donors (Lipinski definition) is 0. The Balaban J connectivity index is 0.857. The number of pyridine rings is 2. The first-order valence-corrected chi connectivity index (χ1v) is 23.8. The van der Waals surface area contributed by atoms with Gasteiger partial charge in [0, 0.05) is 87.7 Å². The van der Waals surface area contributed by atoms with Crippen LogP contribution in [0.1, 0.15) is 12.8 Å². The van der Waals surface area contributed by atoms with Gasteiger partial charge in [-0.15, -0.1) is 0 Å². The summed E-state index contributed by atoms with van der Waals surface area (Å²) in [5.74, 6) is 1.69. The Hall–Kier alpha value is -9.20. The third kappa shape index (κ3) is 8.99. The summed E-state index contributed by atoms with van der Waals surface area (Å²) in [7, 11) is 2.14. The van der Waals surface area contributed by atoms with Gasteiger partial charge in [0.1, 0.15) is 11.6 Å². The second-order valence-corrected chi connectivity index (χ2v) is 17.1. The molecule has 0 atom stereocenters. The summed E-state index contributed by atoms with van der Waals surface area (Å²) in [4.78, 5) is 18.6. The van der Waals surface area contributed by atoms with Crippen LogP contribution in [-0.4, -0.2) is 14.5 Å². The summed E-state index contributed by atoms with van der Waals surface area (Å²) in [5, 5.41) is 0. The Morgan fingerprint density at radius 1 is 0.329 bits per heavy atom. The zero-order valence-electron chi connectivity index (χ0n) is 38.9. The van der Waals surface area contributed by atoms with E-state index in [1.165, 1.54) is 5.70 Å². The van der Waals surface area contributed by atoms with Crippen LogP contribution in [0.25, 0.3) is 22.5 Å². The van der Waals surface area contributed by atoms with Crippen molar-refractivity contribution in [1.82, 2.24) is 14.5 Å². The van der Waals surface area contributed by atoms with E-state index in [0.717, 1.165) is 98.2 Å². The lowest BCUT2D eigenvalue weighted by atomic mass is 10.1. The van der Waals surface area contributed by atoms with E-state index >= 15 is 0 Å². The van der Waals surface area contributed by atoms with Gasteiger partial charge in [0.2, 0.25) is 0 Å². The van der Waals surface area contributed by atoms with Gasteiger partial charge in [-0.05, 0) is 176 Å². The van der Waals surface area contributed by atoms with Crippen LogP contribution in [-0.2, 0) is 7.05 Å². The van der Waals surface area contributed by atoms with Gasteiger partial charge in [0.05, 0.1) is 0 Å². The molecule has 0 unspecified atom stereocenters. The lowest BCUT2D eigenvalue weighted by molar-refractivity contribution is 0.946. The molecule has 0 N–H and O–H groups in total. The molecule has 0 spiro atoms. The lowest BCUT2D eigenvalue weighted by Crippen LogP contribution is -2.16. The van der Waals surface area contributed by atoms with Crippen LogP contribution in [0.3, 0.4) is 0 Å². The zero-order valence-corrected chi connectivity index (χ0v) is 38.9. The summed E-state index contributed by atoms with van der Waals surface area (Å²) >= 11 is 0. The molecule has 3 heterocycles. The van der Waals surface area contributed by atoms with E-state index in [9.17, 15) is 0 Å². The summed E-state index contributed by atoms with van der Waals surface area (Å²) in [6.07, 6.45) is 12.6. The number of hydrogen-bond acceptors (Lipinski definition) is 6. The molecule has 7 heteroatoms. The van der Waals surface area contributed by atoms with Crippen LogP contribution >= 0.6 is 0 Å². The van der Waals surface area contributed by atoms with Crippen molar-refractivity contribution in [2.24, 2.45) is 7.05 Å². The molecular weight excluding hydrogens is 855 g/mol. The smallest absolute Gasteiger partial charge is 0.137 e. The lowest BCUT2D eigenvalue weighted by Gasteiger charge is -2.29. The monoisotopic (exact) mass is 905 g/mol. The number of para-hydroxylation sites is 3. The van der Waals surface area contributed by atoms with E-state index in [0.29, 0.717) is 0 Å². The summed E-state index contributed by atoms with van der Waals surface area (Å²) in [6, 6.07) is 83.1. The first-order chi connectivity index (χ1) is 34.7.